The zero-order valence-corrected chi connectivity index (χ0v) is 16.5. The molecule has 2 aromatic rings. The first-order valence-corrected chi connectivity index (χ1v) is 10.1. The molecule has 0 radical (unpaired) electrons. The van der Waals surface area contributed by atoms with Gasteiger partial charge >= 0.3 is 154 Å². The Kier molecular flexibility index (Phi) is 7.24. The molecule has 0 unspecified atom stereocenters. The zero-order chi connectivity index (χ0) is 18.2. The zero-order valence-electron chi connectivity index (χ0n) is 14.8. The summed E-state index contributed by atoms with van der Waals surface area (Å²) in [5, 5.41) is 9.40. The summed E-state index contributed by atoms with van der Waals surface area (Å²) in [6.07, 6.45) is 3.22. The molecule has 6 heteroatoms. The number of carbonyl (C=O) groups excluding carboxylic acids is 1. The van der Waals surface area contributed by atoms with Crippen molar-refractivity contribution < 1.29 is 14.3 Å². The normalized spacial score (nSPS) is 10.3. The monoisotopic (exact) mass is 406 g/mol. The van der Waals surface area contributed by atoms with Crippen LogP contribution < -0.4 is 4.74 Å². The molecule has 0 saturated carbocycles. The van der Waals surface area contributed by atoms with E-state index in [2.05, 4.69) is 18.0 Å². The number of hydrogen-bond donors (Lipinski definition) is 0. The van der Waals surface area contributed by atoms with E-state index in [1.54, 1.807) is 13.0 Å². The summed E-state index contributed by atoms with van der Waals surface area (Å²) >= 11 is -0.216. The Labute approximate surface area is 154 Å². The number of carbonyl (C=O) groups is 1. The molecule has 0 N–H and O–H groups in total. The Morgan fingerprint density at radius 2 is 2.12 bits per heavy atom. The van der Waals surface area contributed by atoms with Gasteiger partial charge in [0.25, 0.3) is 0 Å². The maximum atomic E-state index is 12.0. The van der Waals surface area contributed by atoms with Gasteiger partial charge in [0.15, 0.2) is 0 Å². The van der Waals surface area contributed by atoms with Crippen LogP contribution in [0.15, 0.2) is 18.2 Å². The number of nitrogens with zero attached hydrogens (tertiary/aromatic N) is 2. The van der Waals surface area contributed by atoms with Crippen molar-refractivity contribution in [2.24, 2.45) is 0 Å². The van der Waals surface area contributed by atoms with Gasteiger partial charge in [-0.05, 0) is 0 Å². The van der Waals surface area contributed by atoms with E-state index in [9.17, 15) is 10.1 Å². The molecule has 0 amide bonds. The third kappa shape index (κ3) is 4.94. The summed E-state index contributed by atoms with van der Waals surface area (Å²) < 4.78 is 12.3. The summed E-state index contributed by atoms with van der Waals surface area (Å²) in [4.78, 5) is 16.5. The molecule has 1 aromatic carbocycles. The van der Waals surface area contributed by atoms with Gasteiger partial charge in [0, 0.05) is 0 Å². The number of esters is 1. The van der Waals surface area contributed by atoms with Crippen molar-refractivity contribution in [1.29, 1.82) is 5.26 Å². The molecule has 0 atom stereocenters. The van der Waals surface area contributed by atoms with Crippen molar-refractivity contribution in [1.82, 2.24) is 4.98 Å². The van der Waals surface area contributed by atoms with Gasteiger partial charge in [-0.15, -0.1) is 0 Å². The average Bonchev–Trinajstić information content (AvgIpc) is 3.01. The summed E-state index contributed by atoms with van der Waals surface area (Å²) in [5.41, 5.74) is 2.05. The van der Waals surface area contributed by atoms with Gasteiger partial charge in [0.05, 0.1) is 0 Å². The van der Waals surface area contributed by atoms with Crippen molar-refractivity contribution in [2.45, 2.75) is 40.0 Å². The summed E-state index contributed by atoms with van der Waals surface area (Å²) in [7, 11) is 0. The quantitative estimate of drug-likeness (QED) is 0.380. The summed E-state index contributed by atoms with van der Waals surface area (Å²) in [5.74, 6) is 0.305. The molecule has 0 aliphatic rings. The van der Waals surface area contributed by atoms with Crippen molar-refractivity contribution in [2.75, 3.05) is 13.2 Å². The molecule has 1 heterocycles. The third-order valence-electron chi connectivity index (χ3n) is 3.61. The molecule has 1 aromatic heterocycles. The van der Waals surface area contributed by atoms with Gasteiger partial charge in [0.2, 0.25) is 0 Å². The molecule has 0 saturated heterocycles. The molecule has 0 fully saturated rings. The molecular formula is C19H22N2O3Se. The second kappa shape index (κ2) is 9.41. The second-order valence-corrected chi connectivity index (χ2v) is 7.63. The van der Waals surface area contributed by atoms with E-state index in [1.165, 1.54) is 0 Å². The van der Waals surface area contributed by atoms with Crippen LogP contribution in [0.1, 0.15) is 53.6 Å². The maximum absolute atomic E-state index is 12.0. The van der Waals surface area contributed by atoms with Crippen LogP contribution in [-0.4, -0.2) is 38.7 Å². The number of rotatable bonds is 8. The van der Waals surface area contributed by atoms with E-state index in [4.69, 9.17) is 9.47 Å². The van der Waals surface area contributed by atoms with E-state index in [0.29, 0.717) is 34.7 Å². The first-order valence-electron chi connectivity index (χ1n) is 8.42. The fourth-order valence-corrected chi connectivity index (χ4v) is 4.32. The fourth-order valence-electron chi connectivity index (χ4n) is 2.32. The molecule has 132 valence electrons. The Hall–Kier alpha value is -2.09. The first-order chi connectivity index (χ1) is 12.1. The van der Waals surface area contributed by atoms with E-state index in [1.807, 2.05) is 19.1 Å². The van der Waals surface area contributed by atoms with Crippen LogP contribution >= 0.6 is 0 Å². The first kappa shape index (κ1) is 19.2. The van der Waals surface area contributed by atoms with E-state index < -0.39 is 0 Å². The van der Waals surface area contributed by atoms with Gasteiger partial charge in [-0.3, -0.25) is 0 Å². The number of aromatic nitrogens is 1. The number of aryl methyl sites for hydroxylation is 1. The topological polar surface area (TPSA) is 72.2 Å². The molecule has 25 heavy (non-hydrogen) atoms. The van der Waals surface area contributed by atoms with Crippen molar-refractivity contribution in [3.8, 4) is 22.0 Å². The molecule has 5 nitrogen and oxygen atoms in total. The Balaban J connectivity index is 2.22. The average molecular weight is 405 g/mol. The van der Waals surface area contributed by atoms with Crippen LogP contribution in [0.4, 0.5) is 0 Å². The van der Waals surface area contributed by atoms with Crippen LogP contribution in [0, 0.1) is 18.3 Å². The number of ether oxygens (including phenoxy) is 2. The van der Waals surface area contributed by atoms with E-state index >= 15 is 0 Å². The molecule has 2 rings (SSSR count). The number of nitriles is 1. The number of unbranched alkanes of at least 4 members (excludes halogenated alkanes) is 2. The standard InChI is InChI=1S/C19H22N2O3Se/c1-4-6-7-10-24-16-9-8-14(11-15(16)12-20)18-21-13(3)17(25-18)19(22)23-5-2/h8-9,11H,4-7,10H2,1-3H3. The van der Waals surface area contributed by atoms with Gasteiger partial charge < -0.3 is 0 Å². The minimum absolute atomic E-state index is 0.216. The van der Waals surface area contributed by atoms with Crippen LogP contribution in [-0.2, 0) is 4.74 Å². The van der Waals surface area contributed by atoms with Crippen LogP contribution in [0.5, 0.6) is 5.75 Å². The van der Waals surface area contributed by atoms with Crippen molar-refractivity contribution in [3.05, 3.63) is 33.9 Å². The Morgan fingerprint density at radius 3 is 2.80 bits per heavy atom. The van der Waals surface area contributed by atoms with E-state index in [-0.39, 0.29) is 20.5 Å². The minimum atomic E-state index is -0.296. The fraction of sp³-hybridized carbons (Fsp3) is 0.421. The number of benzene rings is 1. The predicted octanol–water partition coefficient (Wildman–Crippen LogP) is 3.73. The summed E-state index contributed by atoms with van der Waals surface area (Å²) in [6.45, 7) is 6.71. The van der Waals surface area contributed by atoms with Crippen LogP contribution in [0.2, 0.25) is 0 Å². The van der Waals surface area contributed by atoms with Crippen molar-refractivity contribution in [3.63, 3.8) is 0 Å². The van der Waals surface area contributed by atoms with Gasteiger partial charge in [0.1, 0.15) is 0 Å². The van der Waals surface area contributed by atoms with Gasteiger partial charge in [-0.25, -0.2) is 0 Å². The van der Waals surface area contributed by atoms with Crippen molar-refractivity contribution >= 4 is 20.5 Å². The molecule has 0 spiro atoms. The van der Waals surface area contributed by atoms with Gasteiger partial charge in [-0.1, -0.05) is 0 Å². The molecule has 0 aliphatic carbocycles. The Bertz CT molecular complexity index is 777. The molecule has 0 aliphatic heterocycles. The SMILES string of the molecule is CCCCCOc1ccc(-c2nc(C)c(C(=O)OCC)[se]2)cc1C#N. The third-order valence-corrected chi connectivity index (χ3v) is 6.10. The van der Waals surface area contributed by atoms with Crippen LogP contribution in [0.25, 0.3) is 10.1 Å². The van der Waals surface area contributed by atoms with Crippen LogP contribution in [0.3, 0.4) is 0 Å². The summed E-state index contributed by atoms with van der Waals surface area (Å²) in [6, 6.07) is 7.69. The van der Waals surface area contributed by atoms with E-state index in [0.717, 1.165) is 29.4 Å². The molecule has 0 bridgehead atoms. The molecular weight excluding hydrogens is 383 g/mol. The second-order valence-electron chi connectivity index (χ2n) is 5.53. The number of hydrogen-bond acceptors (Lipinski definition) is 5. The van der Waals surface area contributed by atoms with Gasteiger partial charge in [-0.2, -0.15) is 0 Å². The predicted molar refractivity (Wildman–Crippen MR) is 97.0 cm³/mol. The Morgan fingerprint density at radius 1 is 1.32 bits per heavy atom.